The molecule has 1 aromatic carbocycles. The molecule has 2 heterocycles. The van der Waals surface area contributed by atoms with E-state index in [2.05, 4.69) is 42.0 Å². The number of hydrogen-bond donors (Lipinski definition) is 1. The zero-order chi connectivity index (χ0) is 11.1. The van der Waals surface area contributed by atoms with Crippen LogP contribution in [-0.2, 0) is 19.3 Å². The fraction of sp³-hybridized carbons (Fsp3) is 0.333. The minimum atomic E-state index is 0.954. The van der Waals surface area contributed by atoms with Gasteiger partial charge in [-0.3, -0.25) is 0 Å². The molecular formula is C12H13N3S. The third-order valence-electron chi connectivity index (χ3n) is 3.10. The highest BCUT2D eigenvalue weighted by molar-refractivity contribution is 7.80. The van der Waals surface area contributed by atoms with Crippen molar-refractivity contribution in [2.24, 2.45) is 0 Å². The number of thiol groups is 1. The number of aryl methyl sites for hydroxylation is 2. The first-order valence-corrected chi connectivity index (χ1v) is 6.00. The van der Waals surface area contributed by atoms with E-state index in [1.165, 1.54) is 11.3 Å². The largest absolute Gasteiger partial charge is 0.217 e. The summed E-state index contributed by atoms with van der Waals surface area (Å²) in [4.78, 5) is 1.01. The molecule has 0 N–H and O–H groups in total. The van der Waals surface area contributed by atoms with Crippen LogP contribution in [0.3, 0.4) is 0 Å². The van der Waals surface area contributed by atoms with Gasteiger partial charge in [0.25, 0.3) is 0 Å². The van der Waals surface area contributed by atoms with Crippen molar-refractivity contribution >= 4 is 12.6 Å². The van der Waals surface area contributed by atoms with Crippen molar-refractivity contribution in [1.82, 2.24) is 15.0 Å². The van der Waals surface area contributed by atoms with Crippen molar-refractivity contribution in [3.05, 3.63) is 35.2 Å². The van der Waals surface area contributed by atoms with Crippen molar-refractivity contribution in [3.63, 3.8) is 0 Å². The van der Waals surface area contributed by atoms with E-state index in [-0.39, 0.29) is 0 Å². The van der Waals surface area contributed by atoms with Crippen LogP contribution in [0.5, 0.6) is 0 Å². The van der Waals surface area contributed by atoms with Gasteiger partial charge in [-0.2, -0.15) is 0 Å². The molecule has 0 radical (unpaired) electrons. The second-order valence-electron chi connectivity index (χ2n) is 4.06. The van der Waals surface area contributed by atoms with Crippen LogP contribution in [0.4, 0.5) is 0 Å². The molecule has 4 heteroatoms. The molecule has 3 rings (SSSR count). The lowest BCUT2D eigenvalue weighted by Crippen LogP contribution is -2.13. The van der Waals surface area contributed by atoms with Gasteiger partial charge >= 0.3 is 0 Å². The lowest BCUT2D eigenvalue weighted by molar-refractivity contribution is 0.710. The summed E-state index contributed by atoms with van der Waals surface area (Å²) < 4.78 is 1.98. The van der Waals surface area contributed by atoms with E-state index in [4.69, 9.17) is 0 Å². The highest BCUT2D eigenvalue weighted by Gasteiger charge is 2.20. The van der Waals surface area contributed by atoms with Gasteiger partial charge in [0.1, 0.15) is 0 Å². The van der Waals surface area contributed by atoms with E-state index < -0.39 is 0 Å². The van der Waals surface area contributed by atoms with Crippen LogP contribution in [0, 0.1) is 0 Å². The van der Waals surface area contributed by atoms with Crippen LogP contribution < -0.4 is 0 Å². The van der Waals surface area contributed by atoms with Crippen molar-refractivity contribution in [2.45, 2.75) is 31.1 Å². The van der Waals surface area contributed by atoms with Crippen molar-refractivity contribution in [1.29, 1.82) is 0 Å². The van der Waals surface area contributed by atoms with Crippen LogP contribution in [0.1, 0.15) is 23.9 Å². The normalized spacial score (nSPS) is 13.4. The molecule has 0 unspecified atom stereocenters. The van der Waals surface area contributed by atoms with Gasteiger partial charge in [-0.1, -0.05) is 12.1 Å². The van der Waals surface area contributed by atoms with Crippen molar-refractivity contribution in [2.75, 3.05) is 0 Å². The molecule has 2 aromatic rings. The number of nitrogens with zero attached hydrogens (tertiary/aromatic N) is 3. The molecule has 0 bridgehead atoms. The summed E-state index contributed by atoms with van der Waals surface area (Å²) in [6.07, 6.45) is 3.04. The second kappa shape index (κ2) is 3.63. The number of aromatic nitrogens is 3. The maximum Gasteiger partial charge on any atom is 0.0861 e. The quantitative estimate of drug-likeness (QED) is 0.763. The second-order valence-corrected chi connectivity index (χ2v) is 4.58. The first-order valence-electron chi connectivity index (χ1n) is 5.55. The van der Waals surface area contributed by atoms with Gasteiger partial charge in [-0.25, -0.2) is 4.68 Å². The molecule has 0 spiro atoms. The van der Waals surface area contributed by atoms with Crippen LogP contribution in [-0.4, -0.2) is 15.0 Å². The molecule has 1 aromatic heterocycles. The zero-order valence-corrected chi connectivity index (χ0v) is 10.0. The van der Waals surface area contributed by atoms with E-state index in [1.807, 2.05) is 10.7 Å². The van der Waals surface area contributed by atoms with Crippen LogP contribution >= 0.6 is 12.6 Å². The van der Waals surface area contributed by atoms with Gasteiger partial charge in [0, 0.05) is 4.90 Å². The maximum atomic E-state index is 4.37. The molecule has 0 aliphatic carbocycles. The van der Waals surface area contributed by atoms with Crippen molar-refractivity contribution < 1.29 is 0 Å². The van der Waals surface area contributed by atoms with E-state index >= 15 is 0 Å². The standard InChI is InChI=1S/C12H13N3S/c1-2-10-12-5-3-8-7-9(16)4-6-11(8)15(12)14-13-10/h4,6-7,16H,2-3,5H2,1H3. The summed E-state index contributed by atoms with van der Waals surface area (Å²) in [6, 6.07) is 6.20. The Balaban J connectivity index is 2.20. The van der Waals surface area contributed by atoms with E-state index in [1.54, 1.807) is 0 Å². The summed E-state index contributed by atoms with van der Waals surface area (Å²) in [6.45, 7) is 2.12. The molecule has 0 fully saturated rings. The molecule has 1 aliphatic heterocycles. The third-order valence-corrected chi connectivity index (χ3v) is 3.38. The summed E-state index contributed by atoms with van der Waals surface area (Å²) in [5.41, 5.74) is 4.86. The Hall–Kier alpha value is -1.29. The Kier molecular flexibility index (Phi) is 2.24. The first kappa shape index (κ1) is 9.90. The molecule has 16 heavy (non-hydrogen) atoms. The lowest BCUT2D eigenvalue weighted by atomic mass is 10.0. The monoisotopic (exact) mass is 231 g/mol. The number of hydrogen-bond acceptors (Lipinski definition) is 3. The third kappa shape index (κ3) is 1.37. The highest BCUT2D eigenvalue weighted by Crippen LogP contribution is 2.27. The van der Waals surface area contributed by atoms with E-state index in [9.17, 15) is 0 Å². The summed E-state index contributed by atoms with van der Waals surface area (Å²) in [5, 5.41) is 8.47. The van der Waals surface area contributed by atoms with Gasteiger partial charge in [0.15, 0.2) is 0 Å². The summed E-state index contributed by atoms with van der Waals surface area (Å²) >= 11 is 4.37. The van der Waals surface area contributed by atoms with Gasteiger partial charge < -0.3 is 0 Å². The molecule has 0 atom stereocenters. The van der Waals surface area contributed by atoms with Gasteiger partial charge in [-0.05, 0) is 43.0 Å². The lowest BCUT2D eigenvalue weighted by Gasteiger charge is -2.18. The molecular weight excluding hydrogens is 218 g/mol. The van der Waals surface area contributed by atoms with E-state index in [0.29, 0.717) is 0 Å². The molecule has 1 aliphatic rings. The Labute approximate surface area is 99.9 Å². The maximum absolute atomic E-state index is 4.37. The fourth-order valence-electron chi connectivity index (χ4n) is 2.28. The Morgan fingerprint density at radius 2 is 2.25 bits per heavy atom. The number of rotatable bonds is 1. The molecule has 0 saturated carbocycles. The number of benzene rings is 1. The van der Waals surface area contributed by atoms with Crippen LogP contribution in [0.15, 0.2) is 23.1 Å². The summed E-state index contributed by atoms with van der Waals surface area (Å²) in [7, 11) is 0. The first-order chi connectivity index (χ1) is 7.79. The Morgan fingerprint density at radius 3 is 3.06 bits per heavy atom. The average Bonchev–Trinajstić information content (AvgIpc) is 2.71. The fourth-order valence-corrected chi connectivity index (χ4v) is 2.51. The zero-order valence-electron chi connectivity index (χ0n) is 9.14. The predicted molar refractivity (Wildman–Crippen MR) is 65.4 cm³/mol. The minimum Gasteiger partial charge on any atom is -0.217 e. The molecule has 82 valence electrons. The molecule has 0 saturated heterocycles. The summed E-state index contributed by atoms with van der Waals surface area (Å²) in [5.74, 6) is 0. The number of fused-ring (bicyclic) bond motifs is 3. The minimum absolute atomic E-state index is 0.954. The van der Waals surface area contributed by atoms with E-state index in [0.717, 1.165) is 35.5 Å². The predicted octanol–water partition coefficient (Wildman–Crippen LogP) is 2.22. The average molecular weight is 231 g/mol. The Morgan fingerprint density at radius 1 is 1.38 bits per heavy atom. The topological polar surface area (TPSA) is 30.7 Å². The Bertz CT molecular complexity index is 545. The smallest absolute Gasteiger partial charge is 0.0861 e. The van der Waals surface area contributed by atoms with Crippen LogP contribution in [0.2, 0.25) is 0 Å². The van der Waals surface area contributed by atoms with Gasteiger partial charge in [0.05, 0.1) is 17.1 Å². The highest BCUT2D eigenvalue weighted by atomic mass is 32.1. The van der Waals surface area contributed by atoms with Gasteiger partial charge in [-0.15, -0.1) is 17.7 Å². The van der Waals surface area contributed by atoms with Gasteiger partial charge in [0.2, 0.25) is 0 Å². The van der Waals surface area contributed by atoms with Crippen molar-refractivity contribution in [3.8, 4) is 5.69 Å². The molecule has 0 amide bonds. The molecule has 3 nitrogen and oxygen atoms in total. The SMILES string of the molecule is CCc1nnn2c1CCc1cc(S)ccc1-2. The van der Waals surface area contributed by atoms with Crippen LogP contribution in [0.25, 0.3) is 5.69 Å².